The van der Waals surface area contributed by atoms with E-state index in [1.807, 2.05) is 39.0 Å². The SMILES string of the molecule is CN(C(=O)CC(C)(C)C)c1ccc2c(c1)nc(NC(=O)Nc1cccc(C#N)c1)n2CC(C)(C)O. The van der Waals surface area contributed by atoms with Gasteiger partial charge in [0.25, 0.3) is 0 Å². The number of benzene rings is 2. The second-order valence-electron chi connectivity index (χ2n) is 10.5. The van der Waals surface area contributed by atoms with Gasteiger partial charge in [0.1, 0.15) is 0 Å². The number of nitrogens with one attached hydrogen (secondary N) is 2. The van der Waals surface area contributed by atoms with Crippen molar-refractivity contribution in [1.29, 1.82) is 5.26 Å². The van der Waals surface area contributed by atoms with Gasteiger partial charge in [-0.15, -0.1) is 0 Å². The second kappa shape index (κ2) is 9.76. The molecule has 1 heterocycles. The quantitative estimate of drug-likeness (QED) is 0.475. The first-order valence-corrected chi connectivity index (χ1v) is 11.3. The van der Waals surface area contributed by atoms with E-state index in [9.17, 15) is 14.7 Å². The van der Waals surface area contributed by atoms with Gasteiger partial charge >= 0.3 is 6.03 Å². The van der Waals surface area contributed by atoms with E-state index in [0.717, 1.165) is 0 Å². The lowest BCUT2D eigenvalue weighted by Gasteiger charge is -2.23. The molecule has 0 aliphatic rings. The fourth-order valence-electron chi connectivity index (χ4n) is 3.62. The molecule has 0 aliphatic heterocycles. The number of hydrogen-bond acceptors (Lipinski definition) is 5. The molecule has 0 saturated carbocycles. The molecule has 35 heavy (non-hydrogen) atoms. The van der Waals surface area contributed by atoms with Crippen molar-refractivity contribution in [2.75, 3.05) is 22.6 Å². The Hall–Kier alpha value is -3.90. The van der Waals surface area contributed by atoms with Gasteiger partial charge in [0.05, 0.1) is 34.8 Å². The lowest BCUT2D eigenvalue weighted by Crippen LogP contribution is -2.29. The van der Waals surface area contributed by atoms with Crippen molar-refractivity contribution in [1.82, 2.24) is 9.55 Å². The van der Waals surface area contributed by atoms with Gasteiger partial charge in [-0.3, -0.25) is 10.1 Å². The first-order valence-electron chi connectivity index (χ1n) is 11.3. The third-order valence-electron chi connectivity index (χ3n) is 5.19. The molecule has 9 nitrogen and oxygen atoms in total. The van der Waals surface area contributed by atoms with Crippen molar-refractivity contribution in [2.45, 2.75) is 53.2 Å². The van der Waals surface area contributed by atoms with Crippen LogP contribution in [-0.2, 0) is 11.3 Å². The fraction of sp³-hybridized carbons (Fsp3) is 0.385. The number of imidazole rings is 1. The molecule has 0 spiro atoms. The third-order valence-corrected chi connectivity index (χ3v) is 5.19. The zero-order valence-corrected chi connectivity index (χ0v) is 21.0. The highest BCUT2D eigenvalue weighted by atomic mass is 16.3. The summed E-state index contributed by atoms with van der Waals surface area (Å²) < 4.78 is 1.72. The van der Waals surface area contributed by atoms with E-state index in [1.54, 1.807) is 60.7 Å². The van der Waals surface area contributed by atoms with Gasteiger partial charge in [0.15, 0.2) is 0 Å². The van der Waals surface area contributed by atoms with Crippen molar-refractivity contribution in [3.05, 3.63) is 48.0 Å². The average Bonchev–Trinajstić information content (AvgIpc) is 3.06. The standard InChI is InChI=1S/C26H32N6O3/c1-25(2,3)14-22(33)31(6)19-10-11-21-20(13-19)29-23(32(21)16-26(4,5)35)30-24(34)28-18-9-7-8-17(12-18)15-27/h7-13,35H,14,16H2,1-6H3,(H2,28,29,30,34). The van der Waals surface area contributed by atoms with Crippen LogP contribution in [0.5, 0.6) is 0 Å². The molecule has 0 atom stereocenters. The Kier molecular flexibility index (Phi) is 7.17. The second-order valence-corrected chi connectivity index (χ2v) is 10.5. The monoisotopic (exact) mass is 476 g/mol. The molecule has 9 heteroatoms. The minimum Gasteiger partial charge on any atom is -0.389 e. The van der Waals surface area contributed by atoms with Crippen molar-refractivity contribution >= 4 is 40.3 Å². The van der Waals surface area contributed by atoms with Gasteiger partial charge in [-0.2, -0.15) is 5.26 Å². The summed E-state index contributed by atoms with van der Waals surface area (Å²) >= 11 is 0. The number of aromatic nitrogens is 2. The molecule has 0 radical (unpaired) electrons. The summed E-state index contributed by atoms with van der Waals surface area (Å²) in [5.41, 5.74) is 1.64. The molecular weight excluding hydrogens is 444 g/mol. The molecule has 3 amide bonds. The summed E-state index contributed by atoms with van der Waals surface area (Å²) in [5.74, 6) is 0.238. The van der Waals surface area contributed by atoms with Gasteiger partial charge < -0.3 is 19.9 Å². The molecule has 1 aromatic heterocycles. The molecular formula is C26H32N6O3. The fourth-order valence-corrected chi connectivity index (χ4v) is 3.62. The first-order chi connectivity index (χ1) is 16.3. The Morgan fingerprint density at radius 2 is 1.83 bits per heavy atom. The number of urea groups is 1. The molecule has 0 fully saturated rings. The molecule has 0 aliphatic carbocycles. The zero-order chi connectivity index (χ0) is 26.0. The van der Waals surface area contributed by atoms with Crippen LogP contribution in [0.4, 0.5) is 22.1 Å². The van der Waals surface area contributed by atoms with E-state index in [0.29, 0.717) is 34.4 Å². The predicted octanol–water partition coefficient (Wildman–Crippen LogP) is 4.72. The van der Waals surface area contributed by atoms with Gasteiger partial charge in [0, 0.05) is 24.8 Å². The van der Waals surface area contributed by atoms with E-state index in [4.69, 9.17) is 5.26 Å². The number of carbonyl (C=O) groups is 2. The number of anilines is 3. The van der Waals surface area contributed by atoms with Crippen LogP contribution in [-0.4, -0.2) is 39.2 Å². The number of nitriles is 1. The summed E-state index contributed by atoms with van der Waals surface area (Å²) in [4.78, 5) is 31.6. The minimum absolute atomic E-state index is 0.00917. The Morgan fingerprint density at radius 1 is 1.11 bits per heavy atom. The molecule has 0 bridgehead atoms. The largest absolute Gasteiger partial charge is 0.389 e. The van der Waals surface area contributed by atoms with Crippen LogP contribution in [0.15, 0.2) is 42.5 Å². The van der Waals surface area contributed by atoms with E-state index >= 15 is 0 Å². The van der Waals surface area contributed by atoms with Gasteiger partial charge in [-0.25, -0.2) is 9.78 Å². The normalized spacial score (nSPS) is 11.7. The number of carbonyl (C=O) groups excluding carboxylic acids is 2. The molecule has 3 N–H and O–H groups in total. The van der Waals surface area contributed by atoms with Crippen molar-refractivity contribution in [3.8, 4) is 6.07 Å². The summed E-state index contributed by atoms with van der Waals surface area (Å²) in [6.07, 6.45) is 0.397. The number of nitrogens with zero attached hydrogens (tertiary/aromatic N) is 4. The zero-order valence-electron chi connectivity index (χ0n) is 21.0. The summed E-state index contributed by atoms with van der Waals surface area (Å²) in [6.45, 7) is 9.56. The Labute approximate surface area is 205 Å². The highest BCUT2D eigenvalue weighted by Gasteiger charge is 2.23. The lowest BCUT2D eigenvalue weighted by atomic mass is 9.91. The Bertz CT molecular complexity index is 1290. The number of fused-ring (bicyclic) bond motifs is 1. The van der Waals surface area contributed by atoms with Gasteiger partial charge in [-0.05, 0) is 55.7 Å². The molecule has 0 unspecified atom stereocenters. The number of hydrogen-bond donors (Lipinski definition) is 3. The molecule has 3 rings (SSSR count). The summed E-state index contributed by atoms with van der Waals surface area (Å²) in [6, 6.07) is 13.5. The number of rotatable bonds is 6. The van der Waals surface area contributed by atoms with Crippen LogP contribution in [0.25, 0.3) is 11.0 Å². The van der Waals surface area contributed by atoms with Crippen LogP contribution >= 0.6 is 0 Å². The molecule has 3 aromatic rings. The highest BCUT2D eigenvalue weighted by molar-refractivity contribution is 6.00. The van der Waals surface area contributed by atoms with Crippen LogP contribution in [0.2, 0.25) is 0 Å². The molecule has 184 valence electrons. The van der Waals surface area contributed by atoms with Crippen LogP contribution in [0.1, 0.15) is 46.6 Å². The highest BCUT2D eigenvalue weighted by Crippen LogP contribution is 2.28. The lowest BCUT2D eigenvalue weighted by molar-refractivity contribution is -0.120. The van der Waals surface area contributed by atoms with Gasteiger partial charge in [0.2, 0.25) is 11.9 Å². The van der Waals surface area contributed by atoms with E-state index in [-0.39, 0.29) is 23.8 Å². The topological polar surface area (TPSA) is 123 Å². The van der Waals surface area contributed by atoms with Crippen LogP contribution in [0.3, 0.4) is 0 Å². The number of aliphatic hydroxyl groups is 1. The maximum Gasteiger partial charge on any atom is 0.326 e. The Balaban J connectivity index is 1.92. The van der Waals surface area contributed by atoms with Crippen LogP contribution < -0.4 is 15.5 Å². The van der Waals surface area contributed by atoms with Crippen LogP contribution in [0, 0.1) is 16.7 Å². The Morgan fingerprint density at radius 3 is 2.46 bits per heavy atom. The van der Waals surface area contributed by atoms with E-state index < -0.39 is 11.6 Å². The molecule has 2 aromatic carbocycles. The van der Waals surface area contributed by atoms with E-state index in [1.165, 1.54) is 0 Å². The smallest absolute Gasteiger partial charge is 0.326 e. The summed E-state index contributed by atoms with van der Waals surface area (Å²) in [5, 5.41) is 25.0. The first kappa shape index (κ1) is 25.7. The molecule has 0 saturated heterocycles. The number of amides is 3. The van der Waals surface area contributed by atoms with E-state index in [2.05, 4.69) is 15.6 Å². The maximum absolute atomic E-state index is 12.7. The van der Waals surface area contributed by atoms with Crippen molar-refractivity contribution in [3.63, 3.8) is 0 Å². The van der Waals surface area contributed by atoms with Crippen molar-refractivity contribution in [2.24, 2.45) is 5.41 Å². The minimum atomic E-state index is -1.07. The maximum atomic E-state index is 12.7. The third kappa shape index (κ3) is 6.80. The average molecular weight is 477 g/mol. The van der Waals surface area contributed by atoms with Crippen molar-refractivity contribution < 1.29 is 14.7 Å². The summed E-state index contributed by atoms with van der Waals surface area (Å²) in [7, 11) is 1.73. The predicted molar refractivity (Wildman–Crippen MR) is 137 cm³/mol. The van der Waals surface area contributed by atoms with Gasteiger partial charge in [-0.1, -0.05) is 26.8 Å².